The Labute approximate surface area is 153 Å². The average Bonchev–Trinajstić information content (AvgIpc) is 2.64. The lowest BCUT2D eigenvalue weighted by molar-refractivity contribution is -0.143. The van der Waals surface area contributed by atoms with Gasteiger partial charge in [0.15, 0.2) is 5.72 Å². The van der Waals surface area contributed by atoms with Crippen LogP contribution in [-0.2, 0) is 20.7 Å². The number of aliphatic carboxylic acids is 1. The molecule has 2 atom stereocenters. The summed E-state index contributed by atoms with van der Waals surface area (Å²) in [7, 11) is 1.66. The van der Waals surface area contributed by atoms with E-state index in [1.807, 2.05) is 47.4 Å². The van der Waals surface area contributed by atoms with E-state index in [1.165, 1.54) is 0 Å². The Bertz CT molecular complexity index is 863. The molecule has 0 saturated carbocycles. The number of benzene rings is 2. The zero-order valence-electron chi connectivity index (χ0n) is 15.2. The molecule has 4 rings (SSSR count). The van der Waals surface area contributed by atoms with Crippen LogP contribution in [0.2, 0.25) is 0 Å². The maximum Gasteiger partial charge on any atom is 0.323 e. The minimum Gasteiger partial charge on any atom is -0.493 e. The van der Waals surface area contributed by atoms with Crippen LogP contribution < -0.4 is 9.64 Å². The highest BCUT2D eigenvalue weighted by Crippen LogP contribution is 2.58. The lowest BCUT2D eigenvalue weighted by Crippen LogP contribution is -2.65. The largest absolute Gasteiger partial charge is 0.493 e. The van der Waals surface area contributed by atoms with Crippen molar-refractivity contribution in [2.45, 2.75) is 25.0 Å². The van der Waals surface area contributed by atoms with Gasteiger partial charge in [-0.05, 0) is 17.7 Å². The summed E-state index contributed by atoms with van der Waals surface area (Å²) < 4.78 is 12.3. The van der Waals surface area contributed by atoms with Gasteiger partial charge in [-0.15, -0.1) is 0 Å². The molecule has 136 valence electrons. The van der Waals surface area contributed by atoms with E-state index in [4.69, 9.17) is 9.47 Å². The van der Waals surface area contributed by atoms with E-state index in [0.29, 0.717) is 6.61 Å². The number of para-hydroxylation sites is 2. The average molecular weight is 353 g/mol. The van der Waals surface area contributed by atoms with Crippen LogP contribution >= 0.6 is 0 Å². The Balaban J connectivity index is 2.05. The summed E-state index contributed by atoms with van der Waals surface area (Å²) in [5.41, 5.74) is 1.74. The van der Waals surface area contributed by atoms with E-state index >= 15 is 0 Å². The number of carbonyl (C=O) groups is 1. The standard InChI is InChI=1S/C21H23NO4/c1-20(2)14-8-4-6-10-16(14)22(12-19(23)24)21(25-3)15-9-5-7-11-17(15)26-13-18(20)21/h4-11,18H,12-13H2,1-3H3,(H,23,24)/t18-,21+/m0/s1. The summed E-state index contributed by atoms with van der Waals surface area (Å²) in [6.45, 7) is 4.67. The summed E-state index contributed by atoms with van der Waals surface area (Å²) in [5.74, 6) is -0.209. The summed E-state index contributed by atoms with van der Waals surface area (Å²) in [5, 5.41) is 9.64. The van der Waals surface area contributed by atoms with Gasteiger partial charge >= 0.3 is 5.97 Å². The second-order valence-corrected chi connectivity index (χ2v) is 7.48. The molecular formula is C21H23NO4. The molecule has 2 aromatic carbocycles. The number of ether oxygens (including phenoxy) is 2. The number of fused-ring (bicyclic) bond motifs is 4. The molecule has 2 aromatic rings. The summed E-state index contributed by atoms with van der Waals surface area (Å²) >= 11 is 0. The van der Waals surface area contributed by atoms with Crippen LogP contribution in [-0.4, -0.2) is 31.3 Å². The van der Waals surface area contributed by atoms with Crippen molar-refractivity contribution < 1.29 is 19.4 Å². The molecule has 0 radical (unpaired) electrons. The van der Waals surface area contributed by atoms with Crippen molar-refractivity contribution in [1.29, 1.82) is 0 Å². The second kappa shape index (κ2) is 5.74. The molecule has 0 bridgehead atoms. The second-order valence-electron chi connectivity index (χ2n) is 7.48. The van der Waals surface area contributed by atoms with Crippen molar-refractivity contribution in [2.75, 3.05) is 25.2 Å². The van der Waals surface area contributed by atoms with Gasteiger partial charge in [-0.25, -0.2) is 0 Å². The molecule has 0 aromatic heterocycles. The third-order valence-corrected chi connectivity index (χ3v) is 5.92. The van der Waals surface area contributed by atoms with Crippen molar-refractivity contribution in [3.05, 3.63) is 59.7 Å². The van der Waals surface area contributed by atoms with E-state index in [0.717, 1.165) is 22.6 Å². The van der Waals surface area contributed by atoms with Crippen LogP contribution in [0.5, 0.6) is 5.75 Å². The normalized spacial score (nSPS) is 25.5. The maximum atomic E-state index is 11.8. The Hall–Kier alpha value is -2.53. The highest BCUT2D eigenvalue weighted by Gasteiger charge is 2.60. The van der Waals surface area contributed by atoms with Crippen molar-refractivity contribution in [3.63, 3.8) is 0 Å². The molecular weight excluding hydrogens is 330 g/mol. The highest BCUT2D eigenvalue weighted by atomic mass is 16.5. The van der Waals surface area contributed by atoms with Crippen LogP contribution in [0.15, 0.2) is 48.5 Å². The smallest absolute Gasteiger partial charge is 0.323 e. The summed E-state index contributed by atoms with van der Waals surface area (Å²) in [6, 6.07) is 15.8. The first-order chi connectivity index (χ1) is 12.4. The van der Waals surface area contributed by atoms with Crippen molar-refractivity contribution in [1.82, 2.24) is 0 Å². The number of methoxy groups -OCH3 is 1. The molecule has 1 N–H and O–H groups in total. The molecule has 0 spiro atoms. The monoisotopic (exact) mass is 353 g/mol. The zero-order chi connectivity index (χ0) is 18.5. The van der Waals surface area contributed by atoms with Gasteiger partial charge in [0.05, 0.1) is 12.5 Å². The first-order valence-corrected chi connectivity index (χ1v) is 8.79. The van der Waals surface area contributed by atoms with Gasteiger partial charge in [0, 0.05) is 23.8 Å². The fraction of sp³-hybridized carbons (Fsp3) is 0.381. The molecule has 2 aliphatic rings. The first kappa shape index (κ1) is 16.9. The van der Waals surface area contributed by atoms with Crippen LogP contribution in [0.4, 0.5) is 5.69 Å². The number of anilines is 1. The molecule has 0 fully saturated rings. The van der Waals surface area contributed by atoms with Gasteiger partial charge in [-0.3, -0.25) is 4.79 Å². The molecule has 2 aliphatic heterocycles. The van der Waals surface area contributed by atoms with Crippen LogP contribution in [0.1, 0.15) is 25.0 Å². The quantitative estimate of drug-likeness (QED) is 0.917. The topological polar surface area (TPSA) is 59.0 Å². The van der Waals surface area contributed by atoms with Gasteiger partial charge in [0.2, 0.25) is 0 Å². The Morgan fingerprint density at radius 3 is 2.54 bits per heavy atom. The van der Waals surface area contributed by atoms with Crippen molar-refractivity contribution in [2.24, 2.45) is 5.92 Å². The number of hydrogen-bond donors (Lipinski definition) is 1. The molecule has 0 amide bonds. The molecule has 2 heterocycles. The number of rotatable bonds is 3. The van der Waals surface area contributed by atoms with Crippen LogP contribution in [0, 0.1) is 5.92 Å². The molecule has 0 aliphatic carbocycles. The molecule has 5 heteroatoms. The van der Waals surface area contributed by atoms with E-state index in [-0.39, 0.29) is 17.9 Å². The molecule has 5 nitrogen and oxygen atoms in total. The van der Waals surface area contributed by atoms with Gasteiger partial charge in [0.25, 0.3) is 0 Å². The van der Waals surface area contributed by atoms with Gasteiger partial charge in [0.1, 0.15) is 12.3 Å². The van der Waals surface area contributed by atoms with Crippen molar-refractivity contribution >= 4 is 11.7 Å². The number of carboxylic acids is 1. The lowest BCUT2D eigenvalue weighted by atomic mass is 9.62. The fourth-order valence-electron chi connectivity index (χ4n) is 4.71. The predicted molar refractivity (Wildman–Crippen MR) is 98.6 cm³/mol. The Morgan fingerprint density at radius 1 is 1.19 bits per heavy atom. The number of nitrogens with zero attached hydrogens (tertiary/aromatic N) is 1. The van der Waals surface area contributed by atoms with Crippen LogP contribution in [0.3, 0.4) is 0 Å². The summed E-state index contributed by atoms with van der Waals surface area (Å²) in [6.07, 6.45) is 0. The molecule has 0 unspecified atom stereocenters. The first-order valence-electron chi connectivity index (χ1n) is 8.79. The fourth-order valence-corrected chi connectivity index (χ4v) is 4.71. The highest BCUT2D eigenvalue weighted by molar-refractivity contribution is 5.77. The third-order valence-electron chi connectivity index (χ3n) is 5.92. The third kappa shape index (κ3) is 2.10. The SMILES string of the molecule is CO[C@]12c3ccccc3OC[C@H]1C(C)(C)c1ccccc1N2CC(=O)O. The molecule has 26 heavy (non-hydrogen) atoms. The molecule has 0 saturated heterocycles. The van der Waals surface area contributed by atoms with E-state index < -0.39 is 11.7 Å². The summed E-state index contributed by atoms with van der Waals surface area (Å²) in [4.78, 5) is 13.6. The predicted octanol–water partition coefficient (Wildman–Crippen LogP) is 3.38. The van der Waals surface area contributed by atoms with E-state index in [9.17, 15) is 9.90 Å². The van der Waals surface area contributed by atoms with Gasteiger partial charge in [-0.1, -0.05) is 50.2 Å². The Morgan fingerprint density at radius 2 is 1.85 bits per heavy atom. The van der Waals surface area contributed by atoms with Gasteiger partial charge < -0.3 is 19.5 Å². The Kier molecular flexibility index (Phi) is 3.74. The lowest BCUT2D eigenvalue weighted by Gasteiger charge is -2.59. The van der Waals surface area contributed by atoms with Crippen LogP contribution in [0.25, 0.3) is 0 Å². The minimum absolute atomic E-state index is 0.0656. The minimum atomic E-state index is -0.898. The van der Waals surface area contributed by atoms with Gasteiger partial charge in [-0.2, -0.15) is 0 Å². The zero-order valence-corrected chi connectivity index (χ0v) is 15.2. The van der Waals surface area contributed by atoms with E-state index in [1.54, 1.807) is 7.11 Å². The van der Waals surface area contributed by atoms with E-state index in [2.05, 4.69) is 19.9 Å². The number of carboxylic acid groups (broad SMARTS) is 1. The number of hydrogen-bond acceptors (Lipinski definition) is 4. The maximum absolute atomic E-state index is 11.8. The van der Waals surface area contributed by atoms with Crippen molar-refractivity contribution in [3.8, 4) is 5.75 Å².